The summed E-state index contributed by atoms with van der Waals surface area (Å²) in [5.74, 6) is 0.566. The van der Waals surface area contributed by atoms with E-state index in [1.165, 1.54) is 14.2 Å². The number of methoxy groups -OCH3 is 2. The van der Waals surface area contributed by atoms with Crippen LogP contribution < -0.4 is 20.1 Å². The molecule has 8 heteroatoms. The van der Waals surface area contributed by atoms with Crippen molar-refractivity contribution in [3.8, 4) is 11.5 Å². The van der Waals surface area contributed by atoms with Crippen LogP contribution in [0.15, 0.2) is 12.1 Å². The minimum atomic E-state index is -0.487. The third-order valence-corrected chi connectivity index (χ3v) is 4.16. The van der Waals surface area contributed by atoms with E-state index in [1.54, 1.807) is 12.1 Å². The smallest absolute Gasteiger partial charge is 0.407 e. The van der Waals surface area contributed by atoms with Crippen LogP contribution in [0.5, 0.6) is 11.5 Å². The Kier molecular flexibility index (Phi) is 9.93. The zero-order chi connectivity index (χ0) is 21.2. The van der Waals surface area contributed by atoms with Gasteiger partial charge in [-0.25, -0.2) is 4.79 Å². The van der Waals surface area contributed by atoms with Crippen molar-refractivity contribution in [1.82, 2.24) is 10.6 Å². The van der Waals surface area contributed by atoms with Gasteiger partial charge in [-0.2, -0.15) is 0 Å². The van der Waals surface area contributed by atoms with Gasteiger partial charge in [0.15, 0.2) is 11.5 Å². The number of nitrogens with one attached hydrogen (secondary N) is 2. The van der Waals surface area contributed by atoms with Crippen LogP contribution in [0, 0.1) is 0 Å². The average molecular weight is 415 g/mol. The highest BCUT2D eigenvalue weighted by molar-refractivity contribution is 6.35. The van der Waals surface area contributed by atoms with E-state index in [2.05, 4.69) is 10.6 Å². The van der Waals surface area contributed by atoms with Gasteiger partial charge in [-0.15, -0.1) is 0 Å². The number of alkyl carbamates (subject to hydrolysis) is 1. The molecule has 0 aliphatic rings. The summed E-state index contributed by atoms with van der Waals surface area (Å²) in [4.78, 5) is 23.8. The average Bonchev–Trinajstić information content (AvgIpc) is 2.61. The minimum absolute atomic E-state index is 0.229. The molecule has 0 spiro atoms. The third-order valence-electron chi connectivity index (χ3n) is 3.79. The number of hydrogen-bond acceptors (Lipinski definition) is 5. The molecule has 1 aromatic carbocycles. The monoisotopic (exact) mass is 414 g/mol. The van der Waals surface area contributed by atoms with Gasteiger partial charge in [0, 0.05) is 13.1 Å². The second-order valence-electron chi connectivity index (χ2n) is 7.26. The number of amides is 2. The molecule has 0 aliphatic carbocycles. The first kappa shape index (κ1) is 23.9. The maximum Gasteiger partial charge on any atom is 0.407 e. The van der Waals surface area contributed by atoms with Crippen molar-refractivity contribution in [2.24, 2.45) is 0 Å². The molecule has 0 fully saturated rings. The van der Waals surface area contributed by atoms with Crippen molar-refractivity contribution in [3.63, 3.8) is 0 Å². The summed E-state index contributed by atoms with van der Waals surface area (Å²) >= 11 is 6.24. The molecule has 2 N–H and O–H groups in total. The van der Waals surface area contributed by atoms with Gasteiger partial charge in [0.1, 0.15) is 5.60 Å². The van der Waals surface area contributed by atoms with Crippen molar-refractivity contribution < 1.29 is 23.8 Å². The van der Waals surface area contributed by atoms with Crippen molar-refractivity contribution in [3.05, 3.63) is 22.7 Å². The first-order valence-corrected chi connectivity index (χ1v) is 9.73. The van der Waals surface area contributed by atoms with E-state index in [0.29, 0.717) is 30.2 Å². The first-order valence-electron chi connectivity index (χ1n) is 9.35. The molecule has 28 heavy (non-hydrogen) atoms. The van der Waals surface area contributed by atoms with Gasteiger partial charge in [0.25, 0.3) is 5.91 Å². The minimum Gasteiger partial charge on any atom is -0.493 e. The number of ether oxygens (including phenoxy) is 3. The SMILES string of the molecule is COc1ccc(C(=O)NCCCCCCNC(=O)OC(C)(C)C)c(Cl)c1OC. The highest BCUT2D eigenvalue weighted by atomic mass is 35.5. The lowest BCUT2D eigenvalue weighted by atomic mass is 10.1. The molecular weight excluding hydrogens is 384 g/mol. The molecule has 158 valence electrons. The molecule has 7 nitrogen and oxygen atoms in total. The van der Waals surface area contributed by atoms with E-state index in [9.17, 15) is 9.59 Å². The van der Waals surface area contributed by atoms with Crippen LogP contribution >= 0.6 is 11.6 Å². The molecule has 0 radical (unpaired) electrons. The van der Waals surface area contributed by atoms with Crippen molar-refractivity contribution in [2.45, 2.75) is 52.1 Å². The zero-order valence-electron chi connectivity index (χ0n) is 17.3. The Morgan fingerprint density at radius 2 is 1.57 bits per heavy atom. The standard InChI is InChI=1S/C20H31ClN2O5/c1-20(2,3)28-19(25)23-13-9-7-6-8-12-22-18(24)14-10-11-15(26-4)17(27-5)16(14)21/h10-11H,6-9,12-13H2,1-5H3,(H,22,24)(H,23,25). The Morgan fingerprint density at radius 3 is 2.11 bits per heavy atom. The molecule has 0 heterocycles. The van der Waals surface area contributed by atoms with E-state index >= 15 is 0 Å². The number of carbonyl (C=O) groups is 2. The van der Waals surface area contributed by atoms with Crippen LogP contribution in [0.1, 0.15) is 56.8 Å². The maximum absolute atomic E-state index is 12.3. The topological polar surface area (TPSA) is 85.9 Å². The lowest BCUT2D eigenvalue weighted by Gasteiger charge is -2.19. The lowest BCUT2D eigenvalue weighted by molar-refractivity contribution is 0.0526. The van der Waals surface area contributed by atoms with Crippen LogP contribution in [0.2, 0.25) is 5.02 Å². The molecular formula is C20H31ClN2O5. The largest absolute Gasteiger partial charge is 0.493 e. The summed E-state index contributed by atoms with van der Waals surface area (Å²) in [6.07, 6.45) is 3.18. The van der Waals surface area contributed by atoms with Crippen LogP contribution in [-0.4, -0.2) is 44.9 Å². The van der Waals surface area contributed by atoms with Crippen molar-refractivity contribution in [2.75, 3.05) is 27.3 Å². The summed E-state index contributed by atoms with van der Waals surface area (Å²) < 4.78 is 15.5. The van der Waals surface area contributed by atoms with Gasteiger partial charge in [-0.1, -0.05) is 24.4 Å². The second kappa shape index (κ2) is 11.6. The summed E-state index contributed by atoms with van der Waals surface area (Å²) in [6, 6.07) is 3.26. The second-order valence-corrected chi connectivity index (χ2v) is 7.64. The van der Waals surface area contributed by atoms with Gasteiger partial charge in [0.05, 0.1) is 24.8 Å². The fraction of sp³-hybridized carbons (Fsp3) is 0.600. The van der Waals surface area contributed by atoms with Crippen molar-refractivity contribution in [1.29, 1.82) is 0 Å². The number of unbranched alkanes of at least 4 members (excludes halogenated alkanes) is 3. The summed E-state index contributed by atoms with van der Waals surface area (Å²) in [6.45, 7) is 6.60. The summed E-state index contributed by atoms with van der Waals surface area (Å²) in [5, 5.41) is 5.81. The molecule has 0 aliphatic heterocycles. The van der Waals surface area contributed by atoms with Crippen LogP contribution in [0.3, 0.4) is 0 Å². The Labute approximate surface area is 172 Å². The molecule has 2 amide bonds. The van der Waals surface area contributed by atoms with Crippen LogP contribution in [-0.2, 0) is 4.74 Å². The molecule has 0 aromatic heterocycles. The number of carbonyl (C=O) groups excluding carboxylic acids is 2. The maximum atomic E-state index is 12.3. The van der Waals surface area contributed by atoms with Gasteiger partial charge in [-0.3, -0.25) is 4.79 Å². The number of hydrogen-bond donors (Lipinski definition) is 2. The van der Waals surface area contributed by atoms with E-state index in [-0.39, 0.29) is 10.9 Å². The van der Waals surface area contributed by atoms with Gasteiger partial charge in [0.2, 0.25) is 0 Å². The number of rotatable bonds is 10. The highest BCUT2D eigenvalue weighted by Gasteiger charge is 2.18. The number of benzene rings is 1. The summed E-state index contributed by atoms with van der Waals surface area (Å²) in [5.41, 5.74) is -0.139. The molecule has 0 atom stereocenters. The first-order chi connectivity index (χ1) is 13.2. The predicted octanol–water partition coefficient (Wildman–Crippen LogP) is 4.17. The Morgan fingerprint density at radius 1 is 0.964 bits per heavy atom. The fourth-order valence-electron chi connectivity index (χ4n) is 2.47. The van der Waals surface area contributed by atoms with Gasteiger partial charge < -0.3 is 24.8 Å². The molecule has 0 saturated carbocycles. The molecule has 1 aromatic rings. The van der Waals surface area contributed by atoms with E-state index in [4.69, 9.17) is 25.8 Å². The van der Waals surface area contributed by atoms with Gasteiger partial charge in [-0.05, 0) is 45.7 Å². The Balaban J connectivity index is 2.25. The van der Waals surface area contributed by atoms with E-state index in [0.717, 1.165) is 25.7 Å². The van der Waals surface area contributed by atoms with Gasteiger partial charge >= 0.3 is 6.09 Å². The fourth-order valence-corrected chi connectivity index (χ4v) is 2.79. The molecule has 0 bridgehead atoms. The Bertz CT molecular complexity index is 659. The molecule has 0 unspecified atom stereocenters. The third kappa shape index (κ3) is 8.25. The lowest BCUT2D eigenvalue weighted by Crippen LogP contribution is -2.33. The van der Waals surface area contributed by atoms with Crippen molar-refractivity contribution >= 4 is 23.6 Å². The predicted molar refractivity (Wildman–Crippen MR) is 110 cm³/mol. The number of halogens is 1. The Hall–Kier alpha value is -2.15. The van der Waals surface area contributed by atoms with Crippen LogP contribution in [0.25, 0.3) is 0 Å². The summed E-state index contributed by atoms with van der Waals surface area (Å²) in [7, 11) is 2.99. The normalized spacial score (nSPS) is 10.9. The van der Waals surface area contributed by atoms with E-state index < -0.39 is 11.7 Å². The highest BCUT2D eigenvalue weighted by Crippen LogP contribution is 2.37. The van der Waals surface area contributed by atoms with Crippen LogP contribution in [0.4, 0.5) is 4.79 Å². The zero-order valence-corrected chi connectivity index (χ0v) is 18.1. The molecule has 0 saturated heterocycles. The quantitative estimate of drug-likeness (QED) is 0.561. The van der Waals surface area contributed by atoms with E-state index in [1.807, 2.05) is 20.8 Å². The molecule has 1 rings (SSSR count).